The van der Waals surface area contributed by atoms with Crippen LogP contribution >= 0.6 is 0 Å². The van der Waals surface area contributed by atoms with E-state index in [2.05, 4.69) is 0 Å². The van der Waals surface area contributed by atoms with Crippen LogP contribution in [0, 0.1) is 0 Å². The lowest BCUT2D eigenvalue weighted by Crippen LogP contribution is -2.57. The highest BCUT2D eigenvalue weighted by molar-refractivity contribution is 7.90. The number of hydrogen-bond donors (Lipinski definition) is 0. The summed E-state index contributed by atoms with van der Waals surface area (Å²) in [7, 11) is -3.27. The topological polar surface area (TPSA) is 66.9 Å². The van der Waals surface area contributed by atoms with Crippen molar-refractivity contribution in [1.29, 1.82) is 0 Å². The number of nitrogens with zero attached hydrogens (tertiary/aromatic N) is 2. The minimum Gasteiger partial charge on any atom is -0.378 e. The predicted molar refractivity (Wildman–Crippen MR) is 48.3 cm³/mol. The Labute approximate surface area is 82.5 Å². The van der Waals surface area contributed by atoms with Crippen LogP contribution in [0.5, 0.6) is 0 Å². The van der Waals surface area contributed by atoms with Crippen molar-refractivity contribution in [1.82, 2.24) is 9.21 Å². The lowest BCUT2D eigenvalue weighted by molar-refractivity contribution is 0.0481. The first-order chi connectivity index (χ1) is 6.61. The third-order valence-corrected chi connectivity index (χ3v) is 4.09. The number of carbonyl (C=O) groups excluding carboxylic acids is 1. The minimum atomic E-state index is -3.27. The molecule has 2 fully saturated rings. The second-order valence-electron chi connectivity index (χ2n) is 3.27. The van der Waals surface area contributed by atoms with E-state index in [1.165, 1.54) is 4.90 Å². The standard InChI is InChI=1S/C7H12N2O4S/c10-7(8-1-4-13-5-2-8)9-3-6-14(9,11)12/h1-6H2. The number of amides is 2. The van der Waals surface area contributed by atoms with E-state index in [1.807, 2.05) is 0 Å². The van der Waals surface area contributed by atoms with Crippen molar-refractivity contribution in [3.63, 3.8) is 0 Å². The SMILES string of the molecule is O=C(N1CCOCC1)N1CCS1(=O)=O. The fourth-order valence-corrected chi connectivity index (χ4v) is 2.48. The van der Waals surface area contributed by atoms with Crippen LogP contribution in [0.3, 0.4) is 0 Å². The summed E-state index contributed by atoms with van der Waals surface area (Å²) in [6.07, 6.45) is 0. The molecule has 0 N–H and O–H groups in total. The molecule has 2 amide bonds. The van der Waals surface area contributed by atoms with E-state index < -0.39 is 16.1 Å². The molecule has 0 radical (unpaired) electrons. The van der Waals surface area contributed by atoms with Crippen LogP contribution < -0.4 is 0 Å². The Hall–Kier alpha value is -0.820. The molecule has 2 aliphatic rings. The van der Waals surface area contributed by atoms with Crippen LogP contribution in [-0.4, -0.2) is 62.3 Å². The fraction of sp³-hybridized carbons (Fsp3) is 0.857. The lowest BCUT2D eigenvalue weighted by atomic mass is 10.4. The first-order valence-electron chi connectivity index (χ1n) is 4.48. The van der Waals surface area contributed by atoms with Gasteiger partial charge in [0.2, 0.25) is 10.0 Å². The quantitative estimate of drug-likeness (QED) is 0.529. The van der Waals surface area contributed by atoms with Crippen LogP contribution in [0.1, 0.15) is 0 Å². The van der Waals surface area contributed by atoms with Gasteiger partial charge in [-0.05, 0) is 0 Å². The summed E-state index contributed by atoms with van der Waals surface area (Å²) in [4.78, 5) is 13.1. The number of rotatable bonds is 0. The van der Waals surface area contributed by atoms with Gasteiger partial charge in [-0.1, -0.05) is 0 Å². The van der Waals surface area contributed by atoms with Crippen molar-refractivity contribution < 1.29 is 17.9 Å². The molecule has 14 heavy (non-hydrogen) atoms. The number of carbonyl (C=O) groups is 1. The predicted octanol–water partition coefficient (Wildman–Crippen LogP) is -0.916. The average molecular weight is 220 g/mol. The zero-order valence-corrected chi connectivity index (χ0v) is 8.49. The van der Waals surface area contributed by atoms with E-state index in [1.54, 1.807) is 0 Å². The zero-order valence-electron chi connectivity index (χ0n) is 7.68. The molecule has 0 saturated carbocycles. The Morgan fingerprint density at radius 3 is 2.21 bits per heavy atom. The Morgan fingerprint density at radius 2 is 1.79 bits per heavy atom. The van der Waals surface area contributed by atoms with Gasteiger partial charge >= 0.3 is 6.03 Å². The summed E-state index contributed by atoms with van der Waals surface area (Å²) < 4.78 is 28.3. The van der Waals surface area contributed by atoms with Gasteiger partial charge in [0.05, 0.1) is 25.5 Å². The van der Waals surface area contributed by atoms with Gasteiger partial charge in [-0.15, -0.1) is 0 Å². The maximum atomic E-state index is 11.6. The second-order valence-corrected chi connectivity index (χ2v) is 5.28. The van der Waals surface area contributed by atoms with Gasteiger partial charge in [0.1, 0.15) is 0 Å². The summed E-state index contributed by atoms with van der Waals surface area (Å²) in [5.41, 5.74) is 0. The van der Waals surface area contributed by atoms with Crippen LogP contribution in [0.25, 0.3) is 0 Å². The number of hydrogen-bond acceptors (Lipinski definition) is 4. The minimum absolute atomic E-state index is 0.0864. The average Bonchev–Trinajstić information content (AvgIpc) is 2.18. The number of morpholine rings is 1. The van der Waals surface area contributed by atoms with Crippen molar-refractivity contribution >= 4 is 16.1 Å². The van der Waals surface area contributed by atoms with Crippen molar-refractivity contribution in [2.24, 2.45) is 0 Å². The molecule has 0 bridgehead atoms. The molecule has 2 saturated heterocycles. The molecule has 2 aliphatic heterocycles. The van der Waals surface area contributed by atoms with Crippen LogP contribution in [0.2, 0.25) is 0 Å². The van der Waals surface area contributed by atoms with Crippen LogP contribution in [0.15, 0.2) is 0 Å². The molecular formula is C7H12N2O4S. The largest absolute Gasteiger partial charge is 0.378 e. The summed E-state index contributed by atoms with van der Waals surface area (Å²) in [5.74, 6) is 0.0864. The smallest absolute Gasteiger partial charge is 0.333 e. The van der Waals surface area contributed by atoms with Crippen molar-refractivity contribution in [3.8, 4) is 0 Å². The van der Waals surface area contributed by atoms with Crippen molar-refractivity contribution in [2.45, 2.75) is 0 Å². The van der Waals surface area contributed by atoms with E-state index >= 15 is 0 Å². The molecule has 0 aromatic rings. The summed E-state index contributed by atoms with van der Waals surface area (Å²) >= 11 is 0. The summed E-state index contributed by atoms with van der Waals surface area (Å²) in [6.45, 7) is 2.24. The van der Waals surface area contributed by atoms with Crippen LogP contribution in [0.4, 0.5) is 4.79 Å². The maximum Gasteiger partial charge on any atom is 0.333 e. The van der Waals surface area contributed by atoms with Gasteiger partial charge in [0, 0.05) is 13.1 Å². The normalized spacial score (nSPS) is 25.7. The summed E-state index contributed by atoms with van der Waals surface area (Å²) in [5, 5.41) is 0. The molecule has 0 aliphatic carbocycles. The number of ether oxygens (including phenoxy) is 1. The van der Waals surface area contributed by atoms with Crippen molar-refractivity contribution in [3.05, 3.63) is 0 Å². The molecule has 6 nitrogen and oxygen atoms in total. The Balaban J connectivity index is 2.01. The van der Waals surface area contributed by atoms with Gasteiger partial charge in [0.25, 0.3) is 0 Å². The molecular weight excluding hydrogens is 208 g/mol. The van der Waals surface area contributed by atoms with E-state index in [-0.39, 0.29) is 5.75 Å². The molecule has 2 rings (SSSR count). The number of urea groups is 1. The fourth-order valence-electron chi connectivity index (χ4n) is 1.46. The highest BCUT2D eigenvalue weighted by Crippen LogP contribution is 2.16. The Morgan fingerprint density at radius 1 is 1.14 bits per heavy atom. The molecule has 0 aromatic carbocycles. The Kier molecular flexibility index (Phi) is 2.36. The Bertz CT molecular complexity index is 334. The first kappa shape index (κ1) is 9.72. The molecule has 0 unspecified atom stereocenters. The molecule has 7 heteroatoms. The van der Waals surface area contributed by atoms with Gasteiger partial charge in [-0.25, -0.2) is 17.5 Å². The highest BCUT2D eigenvalue weighted by Gasteiger charge is 2.39. The molecule has 0 atom stereocenters. The monoisotopic (exact) mass is 220 g/mol. The van der Waals surface area contributed by atoms with Gasteiger partial charge in [-0.2, -0.15) is 0 Å². The van der Waals surface area contributed by atoms with E-state index in [0.29, 0.717) is 32.8 Å². The van der Waals surface area contributed by atoms with Gasteiger partial charge in [-0.3, -0.25) is 0 Å². The number of sulfonamides is 1. The highest BCUT2D eigenvalue weighted by atomic mass is 32.2. The van der Waals surface area contributed by atoms with E-state index in [0.717, 1.165) is 4.31 Å². The van der Waals surface area contributed by atoms with E-state index in [4.69, 9.17) is 4.74 Å². The van der Waals surface area contributed by atoms with Crippen LogP contribution in [-0.2, 0) is 14.8 Å². The van der Waals surface area contributed by atoms with Gasteiger partial charge < -0.3 is 9.64 Å². The molecule has 2 heterocycles. The maximum absolute atomic E-state index is 11.6. The van der Waals surface area contributed by atoms with E-state index in [9.17, 15) is 13.2 Å². The third-order valence-electron chi connectivity index (χ3n) is 2.38. The molecule has 80 valence electrons. The zero-order chi connectivity index (χ0) is 10.2. The lowest BCUT2D eigenvalue weighted by Gasteiger charge is -2.36. The van der Waals surface area contributed by atoms with Gasteiger partial charge in [0.15, 0.2) is 0 Å². The second kappa shape index (κ2) is 3.39. The van der Waals surface area contributed by atoms with Crippen molar-refractivity contribution in [2.75, 3.05) is 38.6 Å². The molecule has 0 spiro atoms. The third kappa shape index (κ3) is 1.57. The first-order valence-corrected chi connectivity index (χ1v) is 6.09. The molecule has 0 aromatic heterocycles. The summed E-state index contributed by atoms with van der Waals surface area (Å²) in [6, 6.07) is -0.403.